The highest BCUT2D eigenvalue weighted by Gasteiger charge is 2.26. The summed E-state index contributed by atoms with van der Waals surface area (Å²) in [5.74, 6) is -0.792. The molecule has 0 atom stereocenters. The average molecular weight is 476 g/mol. The Morgan fingerprint density at radius 3 is 2.74 bits per heavy atom. The smallest absolute Gasteiger partial charge is 0.261 e. The Morgan fingerprint density at radius 2 is 2.00 bits per heavy atom. The second kappa shape index (κ2) is 7.15. The number of benzene rings is 2. The molecule has 5 nitrogen and oxygen atoms in total. The fourth-order valence-corrected chi connectivity index (χ4v) is 3.83. The summed E-state index contributed by atoms with van der Waals surface area (Å²) in [7, 11) is 0. The minimum atomic E-state index is -0.379. The average Bonchev–Trinajstić information content (AvgIpc) is 3.30. The molecule has 0 spiro atoms. The van der Waals surface area contributed by atoms with Gasteiger partial charge in [0.25, 0.3) is 11.8 Å². The standard InChI is InChI=1S/C20H14FIN2O3/c21-14-1-3-16(17(22)10-14)19(25)23-15-2-4-18-12(9-15)5-7-24(18)20(26)13-6-8-27-11-13/h1-4,6,8-11H,5,7H2,(H,23,25). The topological polar surface area (TPSA) is 62.6 Å². The quantitative estimate of drug-likeness (QED) is 0.568. The molecule has 0 bridgehead atoms. The number of nitrogens with zero attached hydrogens (tertiary/aromatic N) is 1. The molecule has 1 aromatic heterocycles. The molecule has 1 aliphatic heterocycles. The first-order chi connectivity index (χ1) is 13.0. The second-order valence-corrected chi connectivity index (χ2v) is 7.30. The van der Waals surface area contributed by atoms with Crippen LogP contribution in [0.1, 0.15) is 26.3 Å². The molecule has 2 amide bonds. The fourth-order valence-electron chi connectivity index (χ4n) is 3.10. The van der Waals surface area contributed by atoms with Gasteiger partial charge in [-0.2, -0.15) is 0 Å². The molecule has 0 unspecified atom stereocenters. The van der Waals surface area contributed by atoms with Gasteiger partial charge in [0, 0.05) is 21.5 Å². The van der Waals surface area contributed by atoms with Crippen molar-refractivity contribution in [3.05, 3.63) is 81.1 Å². The fraction of sp³-hybridized carbons (Fsp3) is 0.100. The largest absolute Gasteiger partial charge is 0.472 e. The predicted molar refractivity (Wildman–Crippen MR) is 108 cm³/mol. The zero-order chi connectivity index (χ0) is 19.0. The lowest BCUT2D eigenvalue weighted by atomic mass is 10.1. The van der Waals surface area contributed by atoms with Crippen LogP contribution in [0.25, 0.3) is 0 Å². The number of rotatable bonds is 3. The Morgan fingerprint density at radius 1 is 1.15 bits per heavy atom. The molecule has 3 aromatic rings. The van der Waals surface area contributed by atoms with E-state index in [0.717, 1.165) is 11.3 Å². The Labute approximate surface area is 168 Å². The predicted octanol–water partition coefficient (Wildman–Crippen LogP) is 4.48. The van der Waals surface area contributed by atoms with Crippen molar-refractivity contribution < 1.29 is 18.4 Å². The normalized spacial score (nSPS) is 12.7. The summed E-state index contributed by atoms with van der Waals surface area (Å²) in [6.07, 6.45) is 3.61. The molecule has 2 aromatic carbocycles. The Hall–Kier alpha value is -2.68. The van der Waals surface area contributed by atoms with Crippen molar-refractivity contribution in [1.82, 2.24) is 0 Å². The van der Waals surface area contributed by atoms with Crippen molar-refractivity contribution in [3.63, 3.8) is 0 Å². The molecule has 0 saturated heterocycles. The van der Waals surface area contributed by atoms with Crippen molar-refractivity contribution in [2.24, 2.45) is 0 Å². The number of halogens is 2. The van der Waals surface area contributed by atoms with Crippen LogP contribution in [0.15, 0.2) is 59.4 Å². The van der Waals surface area contributed by atoms with E-state index < -0.39 is 0 Å². The SMILES string of the molecule is O=C(Nc1ccc2c(c1)CCN2C(=O)c1ccoc1)c1ccc(F)cc1I. The monoisotopic (exact) mass is 476 g/mol. The molecule has 0 fully saturated rings. The number of furan rings is 1. The lowest BCUT2D eigenvalue weighted by molar-refractivity contribution is 0.0987. The second-order valence-electron chi connectivity index (χ2n) is 6.14. The van der Waals surface area contributed by atoms with Crippen molar-refractivity contribution in [2.75, 3.05) is 16.8 Å². The summed E-state index contributed by atoms with van der Waals surface area (Å²) in [5.41, 5.74) is 3.37. The van der Waals surface area contributed by atoms with Crippen molar-refractivity contribution >= 4 is 45.8 Å². The van der Waals surface area contributed by atoms with Gasteiger partial charge in [-0.05, 0) is 77.0 Å². The molecule has 0 saturated carbocycles. The van der Waals surface area contributed by atoms with E-state index in [1.165, 1.54) is 30.7 Å². The maximum absolute atomic E-state index is 13.2. The van der Waals surface area contributed by atoms with E-state index in [-0.39, 0.29) is 17.6 Å². The van der Waals surface area contributed by atoms with Crippen LogP contribution in [-0.2, 0) is 6.42 Å². The van der Waals surface area contributed by atoms with Crippen LogP contribution < -0.4 is 10.2 Å². The van der Waals surface area contributed by atoms with Crippen molar-refractivity contribution in [3.8, 4) is 0 Å². The van der Waals surface area contributed by atoms with Crippen LogP contribution in [0.3, 0.4) is 0 Å². The molecule has 2 heterocycles. The Balaban J connectivity index is 1.54. The highest BCUT2D eigenvalue weighted by atomic mass is 127. The molecular weight excluding hydrogens is 462 g/mol. The van der Waals surface area contributed by atoms with Gasteiger partial charge >= 0.3 is 0 Å². The lowest BCUT2D eigenvalue weighted by Crippen LogP contribution is -2.28. The van der Waals surface area contributed by atoms with Gasteiger partial charge in [0.15, 0.2) is 0 Å². The molecular formula is C20H14FIN2O3. The van der Waals surface area contributed by atoms with E-state index >= 15 is 0 Å². The Bertz CT molecular complexity index is 1030. The summed E-state index contributed by atoms with van der Waals surface area (Å²) in [6.45, 7) is 0.576. The molecule has 0 radical (unpaired) electrons. The third kappa shape index (κ3) is 3.46. The number of carbonyl (C=O) groups excluding carboxylic acids is 2. The van der Waals surface area contributed by atoms with Gasteiger partial charge in [0.2, 0.25) is 0 Å². The third-order valence-corrected chi connectivity index (χ3v) is 5.31. The van der Waals surface area contributed by atoms with Gasteiger partial charge in [-0.15, -0.1) is 0 Å². The number of amides is 2. The van der Waals surface area contributed by atoms with E-state index in [9.17, 15) is 14.0 Å². The summed E-state index contributed by atoms with van der Waals surface area (Å²) in [6, 6.07) is 11.1. The first-order valence-electron chi connectivity index (χ1n) is 8.26. The van der Waals surface area contributed by atoms with Gasteiger partial charge in [-0.1, -0.05) is 0 Å². The zero-order valence-electron chi connectivity index (χ0n) is 14.0. The molecule has 4 rings (SSSR count). The first kappa shape index (κ1) is 17.7. The van der Waals surface area contributed by atoms with Crippen LogP contribution >= 0.6 is 22.6 Å². The Kier molecular flexibility index (Phi) is 4.69. The number of fused-ring (bicyclic) bond motifs is 1. The van der Waals surface area contributed by atoms with Gasteiger partial charge in [0.1, 0.15) is 12.1 Å². The van der Waals surface area contributed by atoms with Crippen LogP contribution in [0.4, 0.5) is 15.8 Å². The number of anilines is 2. The van der Waals surface area contributed by atoms with Gasteiger partial charge in [-0.3, -0.25) is 9.59 Å². The van der Waals surface area contributed by atoms with Crippen LogP contribution in [-0.4, -0.2) is 18.4 Å². The molecule has 136 valence electrons. The van der Waals surface area contributed by atoms with Crippen LogP contribution in [0.5, 0.6) is 0 Å². The maximum Gasteiger partial charge on any atom is 0.261 e. The number of nitrogens with one attached hydrogen (secondary N) is 1. The van der Waals surface area contributed by atoms with Crippen molar-refractivity contribution in [1.29, 1.82) is 0 Å². The first-order valence-corrected chi connectivity index (χ1v) is 9.34. The molecule has 0 aliphatic carbocycles. The highest BCUT2D eigenvalue weighted by molar-refractivity contribution is 14.1. The van der Waals surface area contributed by atoms with Gasteiger partial charge < -0.3 is 14.6 Å². The summed E-state index contributed by atoms with van der Waals surface area (Å²) >= 11 is 1.94. The number of carbonyl (C=O) groups is 2. The molecule has 1 aliphatic rings. The molecule has 7 heteroatoms. The van der Waals surface area contributed by atoms with Gasteiger partial charge in [0.05, 0.1) is 17.4 Å². The van der Waals surface area contributed by atoms with E-state index in [4.69, 9.17) is 4.42 Å². The van der Waals surface area contributed by atoms with E-state index in [1.807, 2.05) is 34.7 Å². The van der Waals surface area contributed by atoms with Gasteiger partial charge in [-0.25, -0.2) is 4.39 Å². The molecule has 27 heavy (non-hydrogen) atoms. The van der Waals surface area contributed by atoms with E-state index in [0.29, 0.717) is 33.4 Å². The zero-order valence-corrected chi connectivity index (χ0v) is 16.2. The highest BCUT2D eigenvalue weighted by Crippen LogP contribution is 2.32. The minimum absolute atomic E-state index is 0.111. The van der Waals surface area contributed by atoms with E-state index in [1.54, 1.807) is 17.0 Å². The van der Waals surface area contributed by atoms with Crippen LogP contribution in [0.2, 0.25) is 0 Å². The summed E-state index contributed by atoms with van der Waals surface area (Å²) < 4.78 is 18.7. The third-order valence-electron chi connectivity index (χ3n) is 4.42. The van der Waals surface area contributed by atoms with E-state index in [2.05, 4.69) is 5.32 Å². The maximum atomic E-state index is 13.2. The number of hydrogen-bond donors (Lipinski definition) is 1. The van der Waals surface area contributed by atoms with Crippen LogP contribution in [0, 0.1) is 9.39 Å². The minimum Gasteiger partial charge on any atom is -0.472 e. The summed E-state index contributed by atoms with van der Waals surface area (Å²) in [5, 5.41) is 2.84. The summed E-state index contributed by atoms with van der Waals surface area (Å²) in [4.78, 5) is 26.7. The molecule has 1 N–H and O–H groups in total. The number of hydrogen-bond acceptors (Lipinski definition) is 3. The van der Waals surface area contributed by atoms with Crippen molar-refractivity contribution in [2.45, 2.75) is 6.42 Å². The lowest BCUT2D eigenvalue weighted by Gasteiger charge is -2.16.